The van der Waals surface area contributed by atoms with Crippen LogP contribution in [0.25, 0.3) is 0 Å². The SMILES string of the molecule is CCN1C[C@@H](C)NCC1C. The second-order valence-corrected chi connectivity index (χ2v) is 3.25. The van der Waals surface area contributed by atoms with Gasteiger partial charge >= 0.3 is 0 Å². The van der Waals surface area contributed by atoms with Crippen LogP contribution in [-0.4, -0.2) is 36.6 Å². The van der Waals surface area contributed by atoms with Gasteiger partial charge in [-0.15, -0.1) is 0 Å². The first-order chi connectivity index (χ1) is 4.74. The van der Waals surface area contributed by atoms with Gasteiger partial charge in [0.05, 0.1) is 0 Å². The van der Waals surface area contributed by atoms with Gasteiger partial charge in [-0.1, -0.05) is 6.92 Å². The lowest BCUT2D eigenvalue weighted by atomic mass is 10.1. The van der Waals surface area contributed by atoms with Gasteiger partial charge in [0.1, 0.15) is 0 Å². The Morgan fingerprint density at radius 3 is 2.70 bits per heavy atom. The Kier molecular flexibility index (Phi) is 2.69. The van der Waals surface area contributed by atoms with Crippen LogP contribution >= 0.6 is 0 Å². The van der Waals surface area contributed by atoms with Crippen LogP contribution in [0.1, 0.15) is 20.8 Å². The van der Waals surface area contributed by atoms with E-state index in [1.807, 2.05) is 0 Å². The van der Waals surface area contributed by atoms with E-state index in [0.717, 1.165) is 12.6 Å². The monoisotopic (exact) mass is 142 g/mol. The summed E-state index contributed by atoms with van der Waals surface area (Å²) in [5.74, 6) is 0. The lowest BCUT2D eigenvalue weighted by molar-refractivity contribution is 0.154. The van der Waals surface area contributed by atoms with E-state index in [-0.39, 0.29) is 0 Å². The molecule has 1 unspecified atom stereocenters. The molecule has 1 rings (SSSR count). The fourth-order valence-electron chi connectivity index (χ4n) is 1.54. The summed E-state index contributed by atoms with van der Waals surface area (Å²) in [6.45, 7) is 10.3. The molecule has 2 heteroatoms. The molecule has 0 aromatic rings. The minimum absolute atomic E-state index is 0.677. The first-order valence-electron chi connectivity index (χ1n) is 4.21. The molecule has 0 amide bonds. The Hall–Kier alpha value is -0.0800. The molecule has 0 radical (unpaired) electrons. The van der Waals surface area contributed by atoms with E-state index in [2.05, 4.69) is 31.0 Å². The average molecular weight is 142 g/mol. The Bertz CT molecular complexity index is 103. The number of likely N-dealkylation sites (N-methyl/N-ethyl adjacent to an activating group) is 1. The molecule has 1 saturated heterocycles. The number of hydrogen-bond acceptors (Lipinski definition) is 2. The highest BCUT2D eigenvalue weighted by Crippen LogP contribution is 2.04. The van der Waals surface area contributed by atoms with Crippen molar-refractivity contribution in [2.45, 2.75) is 32.9 Å². The fourth-order valence-corrected chi connectivity index (χ4v) is 1.54. The third-order valence-corrected chi connectivity index (χ3v) is 2.30. The quantitative estimate of drug-likeness (QED) is 0.579. The summed E-state index contributed by atoms with van der Waals surface area (Å²) < 4.78 is 0. The van der Waals surface area contributed by atoms with Crippen molar-refractivity contribution in [3.63, 3.8) is 0 Å². The molecule has 0 bridgehead atoms. The molecule has 1 aliphatic rings. The lowest BCUT2D eigenvalue weighted by Gasteiger charge is -2.36. The third kappa shape index (κ3) is 1.70. The van der Waals surface area contributed by atoms with Crippen LogP contribution in [0.3, 0.4) is 0 Å². The normalized spacial score (nSPS) is 36.3. The van der Waals surface area contributed by atoms with E-state index in [4.69, 9.17) is 0 Å². The number of piperazine rings is 1. The molecule has 10 heavy (non-hydrogen) atoms. The van der Waals surface area contributed by atoms with E-state index in [1.54, 1.807) is 0 Å². The van der Waals surface area contributed by atoms with Gasteiger partial charge in [0.2, 0.25) is 0 Å². The van der Waals surface area contributed by atoms with Crippen LogP contribution in [0.4, 0.5) is 0 Å². The topological polar surface area (TPSA) is 15.3 Å². The zero-order valence-electron chi connectivity index (χ0n) is 7.22. The Labute approximate surface area is 63.6 Å². The van der Waals surface area contributed by atoms with Crippen LogP contribution < -0.4 is 5.32 Å². The first-order valence-corrected chi connectivity index (χ1v) is 4.21. The van der Waals surface area contributed by atoms with Crippen LogP contribution in [-0.2, 0) is 0 Å². The summed E-state index contributed by atoms with van der Waals surface area (Å²) in [6.07, 6.45) is 0. The van der Waals surface area contributed by atoms with Gasteiger partial charge in [0, 0.05) is 25.2 Å². The van der Waals surface area contributed by atoms with E-state index in [9.17, 15) is 0 Å². The highest BCUT2D eigenvalue weighted by Gasteiger charge is 2.19. The maximum Gasteiger partial charge on any atom is 0.0193 e. The van der Waals surface area contributed by atoms with Gasteiger partial charge in [0.25, 0.3) is 0 Å². The van der Waals surface area contributed by atoms with Crippen molar-refractivity contribution in [3.8, 4) is 0 Å². The van der Waals surface area contributed by atoms with Gasteiger partial charge in [-0.25, -0.2) is 0 Å². The van der Waals surface area contributed by atoms with Crippen molar-refractivity contribution in [1.29, 1.82) is 0 Å². The van der Waals surface area contributed by atoms with Crippen LogP contribution in [0, 0.1) is 0 Å². The number of hydrogen-bond donors (Lipinski definition) is 1. The van der Waals surface area contributed by atoms with Crippen molar-refractivity contribution in [2.24, 2.45) is 0 Å². The van der Waals surface area contributed by atoms with Crippen molar-refractivity contribution in [1.82, 2.24) is 10.2 Å². The highest BCUT2D eigenvalue weighted by molar-refractivity contribution is 4.79. The Morgan fingerprint density at radius 1 is 1.50 bits per heavy atom. The second-order valence-electron chi connectivity index (χ2n) is 3.25. The molecule has 1 aliphatic heterocycles. The minimum atomic E-state index is 0.677. The van der Waals surface area contributed by atoms with Crippen molar-refractivity contribution in [3.05, 3.63) is 0 Å². The van der Waals surface area contributed by atoms with E-state index in [1.165, 1.54) is 13.1 Å². The summed E-state index contributed by atoms with van der Waals surface area (Å²) in [5.41, 5.74) is 0. The zero-order chi connectivity index (χ0) is 7.56. The van der Waals surface area contributed by atoms with Gasteiger partial charge < -0.3 is 5.32 Å². The minimum Gasteiger partial charge on any atom is -0.311 e. The molecule has 0 aromatic carbocycles. The summed E-state index contributed by atoms with van der Waals surface area (Å²) in [5, 5.41) is 3.45. The van der Waals surface area contributed by atoms with Gasteiger partial charge in [-0.3, -0.25) is 4.90 Å². The predicted molar refractivity (Wildman–Crippen MR) is 44.2 cm³/mol. The summed E-state index contributed by atoms with van der Waals surface area (Å²) in [6, 6.07) is 1.40. The summed E-state index contributed by atoms with van der Waals surface area (Å²) in [7, 11) is 0. The number of rotatable bonds is 1. The average Bonchev–Trinajstić information content (AvgIpc) is 1.94. The largest absolute Gasteiger partial charge is 0.311 e. The molecule has 2 atom stereocenters. The molecular formula is C8H18N2. The predicted octanol–water partition coefficient (Wildman–Crippen LogP) is 0.689. The molecular weight excluding hydrogens is 124 g/mol. The molecule has 1 fully saturated rings. The molecule has 0 saturated carbocycles. The van der Waals surface area contributed by atoms with Crippen LogP contribution in [0.5, 0.6) is 0 Å². The Morgan fingerprint density at radius 2 is 2.20 bits per heavy atom. The standard InChI is InChI=1S/C8H18N2/c1-4-10-6-7(2)9-5-8(10)3/h7-9H,4-6H2,1-3H3/t7-,8?/m1/s1. The maximum absolute atomic E-state index is 3.45. The van der Waals surface area contributed by atoms with Gasteiger partial charge in [-0.2, -0.15) is 0 Å². The molecule has 60 valence electrons. The fraction of sp³-hybridized carbons (Fsp3) is 1.00. The Balaban J connectivity index is 2.38. The van der Waals surface area contributed by atoms with Crippen LogP contribution in [0.15, 0.2) is 0 Å². The summed E-state index contributed by atoms with van der Waals surface area (Å²) >= 11 is 0. The first kappa shape index (κ1) is 8.02. The molecule has 1 N–H and O–H groups in total. The third-order valence-electron chi connectivity index (χ3n) is 2.30. The zero-order valence-corrected chi connectivity index (χ0v) is 7.22. The summed E-state index contributed by atoms with van der Waals surface area (Å²) in [4.78, 5) is 2.52. The molecule has 0 aromatic heterocycles. The molecule has 0 spiro atoms. The van der Waals surface area contributed by atoms with Gasteiger partial charge in [0.15, 0.2) is 0 Å². The molecule has 0 aliphatic carbocycles. The van der Waals surface area contributed by atoms with Crippen molar-refractivity contribution in [2.75, 3.05) is 19.6 Å². The van der Waals surface area contributed by atoms with Crippen LogP contribution in [0.2, 0.25) is 0 Å². The molecule has 2 nitrogen and oxygen atoms in total. The van der Waals surface area contributed by atoms with E-state index in [0.29, 0.717) is 6.04 Å². The smallest absolute Gasteiger partial charge is 0.0193 e. The van der Waals surface area contributed by atoms with E-state index >= 15 is 0 Å². The second kappa shape index (κ2) is 3.35. The number of nitrogens with zero attached hydrogens (tertiary/aromatic N) is 1. The van der Waals surface area contributed by atoms with E-state index < -0.39 is 0 Å². The molecule has 1 heterocycles. The van der Waals surface area contributed by atoms with Crippen molar-refractivity contribution >= 4 is 0 Å². The lowest BCUT2D eigenvalue weighted by Crippen LogP contribution is -2.53. The maximum atomic E-state index is 3.45. The highest BCUT2D eigenvalue weighted by atomic mass is 15.2. The number of nitrogens with one attached hydrogen (secondary N) is 1. The van der Waals surface area contributed by atoms with Gasteiger partial charge in [-0.05, 0) is 20.4 Å². The van der Waals surface area contributed by atoms with Crippen molar-refractivity contribution < 1.29 is 0 Å².